The van der Waals surface area contributed by atoms with Crippen molar-refractivity contribution in [3.05, 3.63) is 36.4 Å². The van der Waals surface area contributed by atoms with Crippen LogP contribution in [0.5, 0.6) is 0 Å². The van der Waals surface area contributed by atoms with Crippen LogP contribution in [-0.2, 0) is 0 Å². The number of hydrogen-bond acceptors (Lipinski definition) is 1. The van der Waals surface area contributed by atoms with Crippen molar-refractivity contribution < 1.29 is 0 Å². The van der Waals surface area contributed by atoms with Crippen molar-refractivity contribution in [3.8, 4) is 0 Å². The Hall–Kier alpha value is -0.980. The van der Waals surface area contributed by atoms with Crippen LogP contribution < -0.4 is 5.32 Å². The summed E-state index contributed by atoms with van der Waals surface area (Å²) in [5.74, 6) is 0.865. The van der Waals surface area contributed by atoms with E-state index in [9.17, 15) is 0 Å². The number of para-hydroxylation sites is 1. The van der Waals surface area contributed by atoms with Gasteiger partial charge in [0.1, 0.15) is 0 Å². The molecular formula is C15H24N. The molecule has 0 fully saturated rings. The second-order valence-electron chi connectivity index (χ2n) is 4.68. The number of rotatable bonds is 7. The van der Waals surface area contributed by atoms with Crippen molar-refractivity contribution >= 4 is 5.69 Å². The van der Waals surface area contributed by atoms with Gasteiger partial charge in [0, 0.05) is 5.69 Å². The lowest BCUT2D eigenvalue weighted by molar-refractivity contribution is 0.489. The van der Waals surface area contributed by atoms with Gasteiger partial charge in [0.05, 0.1) is 6.04 Å². The summed E-state index contributed by atoms with van der Waals surface area (Å²) in [6.07, 6.45) is 5.11. The molecule has 0 heterocycles. The lowest BCUT2D eigenvalue weighted by atomic mass is 10.00. The van der Waals surface area contributed by atoms with E-state index in [2.05, 4.69) is 50.4 Å². The van der Waals surface area contributed by atoms with E-state index in [0.717, 1.165) is 5.92 Å². The molecular weight excluding hydrogens is 194 g/mol. The lowest BCUT2D eigenvalue weighted by Gasteiger charge is -2.15. The molecule has 1 heteroatoms. The fourth-order valence-electron chi connectivity index (χ4n) is 1.75. The fourth-order valence-corrected chi connectivity index (χ4v) is 1.75. The summed E-state index contributed by atoms with van der Waals surface area (Å²) in [6.45, 7) is 6.78. The Bertz CT molecular complexity index is 268. The van der Waals surface area contributed by atoms with Crippen LogP contribution in [0.15, 0.2) is 30.3 Å². The summed E-state index contributed by atoms with van der Waals surface area (Å²) in [5, 5.41) is 3.45. The Morgan fingerprint density at radius 3 is 2.56 bits per heavy atom. The maximum atomic E-state index is 3.45. The van der Waals surface area contributed by atoms with E-state index in [4.69, 9.17) is 0 Å². The zero-order valence-corrected chi connectivity index (χ0v) is 10.8. The standard InChI is InChI=1S/C15H24N/c1-4-13(2)9-8-10-14(3)16-15-11-6-5-7-12-15/h5-7,11-13,16H,4,8-10H2,1-3H3. The van der Waals surface area contributed by atoms with Gasteiger partial charge < -0.3 is 5.32 Å². The third kappa shape index (κ3) is 5.20. The fraction of sp³-hybridized carbons (Fsp3) is 0.533. The third-order valence-electron chi connectivity index (χ3n) is 3.08. The summed E-state index contributed by atoms with van der Waals surface area (Å²) in [5.41, 5.74) is 1.20. The minimum Gasteiger partial charge on any atom is -0.378 e. The molecule has 0 aliphatic carbocycles. The molecule has 1 atom stereocenters. The van der Waals surface area contributed by atoms with Gasteiger partial charge >= 0.3 is 0 Å². The number of anilines is 1. The average Bonchev–Trinajstić information content (AvgIpc) is 2.30. The van der Waals surface area contributed by atoms with Crippen LogP contribution in [-0.4, -0.2) is 0 Å². The normalized spacial score (nSPS) is 12.8. The molecule has 0 saturated heterocycles. The Morgan fingerprint density at radius 1 is 1.25 bits per heavy atom. The number of nitrogens with one attached hydrogen (secondary N) is 1. The van der Waals surface area contributed by atoms with Gasteiger partial charge in [0.2, 0.25) is 0 Å². The van der Waals surface area contributed by atoms with Crippen molar-refractivity contribution in [1.82, 2.24) is 0 Å². The Labute approximate surface area is 100 Å². The average molecular weight is 218 g/mol. The molecule has 0 aromatic heterocycles. The molecule has 1 aromatic carbocycles. The molecule has 0 amide bonds. The molecule has 0 saturated carbocycles. The van der Waals surface area contributed by atoms with Gasteiger partial charge in [-0.15, -0.1) is 0 Å². The van der Waals surface area contributed by atoms with Crippen LogP contribution in [0.3, 0.4) is 0 Å². The lowest BCUT2D eigenvalue weighted by Crippen LogP contribution is -2.06. The minimum absolute atomic E-state index is 0.865. The highest BCUT2D eigenvalue weighted by Crippen LogP contribution is 2.18. The maximum absolute atomic E-state index is 3.45. The van der Waals surface area contributed by atoms with Crippen LogP contribution in [0, 0.1) is 12.0 Å². The van der Waals surface area contributed by atoms with Gasteiger partial charge in [-0.05, 0) is 31.4 Å². The zero-order chi connectivity index (χ0) is 11.8. The first-order valence-electron chi connectivity index (χ1n) is 6.37. The monoisotopic (exact) mass is 218 g/mol. The van der Waals surface area contributed by atoms with E-state index in [1.807, 2.05) is 6.07 Å². The number of benzene rings is 1. The highest BCUT2D eigenvalue weighted by atomic mass is 14.9. The quantitative estimate of drug-likeness (QED) is 0.688. The van der Waals surface area contributed by atoms with Gasteiger partial charge in [-0.2, -0.15) is 0 Å². The molecule has 1 radical (unpaired) electrons. The SMILES string of the molecule is CCC(C)CCC[C](C)Nc1ccccc1. The van der Waals surface area contributed by atoms with Crippen molar-refractivity contribution in [2.75, 3.05) is 5.32 Å². The Morgan fingerprint density at radius 2 is 1.94 bits per heavy atom. The largest absolute Gasteiger partial charge is 0.378 e. The molecule has 1 aromatic rings. The highest BCUT2D eigenvalue weighted by molar-refractivity contribution is 5.45. The second kappa shape index (κ2) is 7.32. The van der Waals surface area contributed by atoms with Crippen LogP contribution in [0.1, 0.15) is 46.5 Å². The zero-order valence-electron chi connectivity index (χ0n) is 10.8. The summed E-state index contributed by atoms with van der Waals surface area (Å²) in [4.78, 5) is 0. The second-order valence-corrected chi connectivity index (χ2v) is 4.68. The number of hydrogen-bond donors (Lipinski definition) is 1. The van der Waals surface area contributed by atoms with Crippen LogP contribution in [0.25, 0.3) is 0 Å². The first kappa shape index (κ1) is 13.1. The van der Waals surface area contributed by atoms with Gasteiger partial charge in [-0.3, -0.25) is 0 Å². The highest BCUT2D eigenvalue weighted by Gasteiger charge is 2.04. The molecule has 1 N–H and O–H groups in total. The molecule has 0 bridgehead atoms. The topological polar surface area (TPSA) is 12.0 Å². The van der Waals surface area contributed by atoms with Crippen molar-refractivity contribution in [2.24, 2.45) is 5.92 Å². The summed E-state index contributed by atoms with van der Waals surface area (Å²) in [6, 6.07) is 11.8. The van der Waals surface area contributed by atoms with E-state index >= 15 is 0 Å². The molecule has 0 aliphatic heterocycles. The smallest absolute Gasteiger partial charge is 0.0572 e. The van der Waals surface area contributed by atoms with E-state index in [0.29, 0.717) is 0 Å². The predicted molar refractivity (Wildman–Crippen MR) is 72.3 cm³/mol. The molecule has 89 valence electrons. The van der Waals surface area contributed by atoms with Gasteiger partial charge in [0.15, 0.2) is 0 Å². The summed E-state index contributed by atoms with van der Waals surface area (Å²) >= 11 is 0. The first-order chi connectivity index (χ1) is 7.72. The Kier molecular flexibility index (Phi) is 5.99. The van der Waals surface area contributed by atoms with Crippen molar-refractivity contribution in [1.29, 1.82) is 0 Å². The van der Waals surface area contributed by atoms with Crippen molar-refractivity contribution in [2.45, 2.75) is 46.5 Å². The molecule has 0 spiro atoms. The predicted octanol–water partition coefficient (Wildman–Crippen LogP) is 4.87. The van der Waals surface area contributed by atoms with Crippen LogP contribution in [0.2, 0.25) is 0 Å². The van der Waals surface area contributed by atoms with Crippen LogP contribution >= 0.6 is 0 Å². The molecule has 1 unspecified atom stereocenters. The summed E-state index contributed by atoms with van der Waals surface area (Å²) in [7, 11) is 0. The van der Waals surface area contributed by atoms with E-state index in [1.54, 1.807) is 0 Å². The van der Waals surface area contributed by atoms with Gasteiger partial charge in [-0.1, -0.05) is 51.3 Å². The molecule has 16 heavy (non-hydrogen) atoms. The van der Waals surface area contributed by atoms with E-state index < -0.39 is 0 Å². The Balaban J connectivity index is 2.19. The maximum Gasteiger partial charge on any atom is 0.0572 e. The summed E-state index contributed by atoms with van der Waals surface area (Å²) < 4.78 is 0. The molecule has 1 rings (SSSR count). The van der Waals surface area contributed by atoms with E-state index in [-0.39, 0.29) is 0 Å². The first-order valence-corrected chi connectivity index (χ1v) is 6.37. The third-order valence-corrected chi connectivity index (χ3v) is 3.08. The minimum atomic E-state index is 0.865. The molecule has 1 nitrogen and oxygen atoms in total. The van der Waals surface area contributed by atoms with Crippen LogP contribution in [0.4, 0.5) is 5.69 Å². The van der Waals surface area contributed by atoms with Gasteiger partial charge in [-0.25, -0.2) is 0 Å². The van der Waals surface area contributed by atoms with Gasteiger partial charge in [0.25, 0.3) is 0 Å². The van der Waals surface area contributed by atoms with Crippen molar-refractivity contribution in [3.63, 3.8) is 0 Å². The molecule has 0 aliphatic rings. The van der Waals surface area contributed by atoms with E-state index in [1.165, 1.54) is 37.4 Å².